The molecule has 0 heteroatoms. The van der Waals surface area contributed by atoms with Gasteiger partial charge < -0.3 is 0 Å². The first kappa shape index (κ1) is 5.61. The molecule has 0 aromatic rings. The van der Waals surface area contributed by atoms with E-state index in [1.165, 1.54) is 0 Å². The summed E-state index contributed by atoms with van der Waals surface area (Å²) in [7, 11) is 0. The average Bonchev–Trinajstić information content (AvgIpc) is 2.01. The van der Waals surface area contributed by atoms with E-state index in [4.69, 9.17) is 4.11 Å². The van der Waals surface area contributed by atoms with Crippen molar-refractivity contribution in [1.82, 2.24) is 0 Å². The topological polar surface area (TPSA) is 0 Å². The van der Waals surface area contributed by atoms with Gasteiger partial charge in [-0.3, -0.25) is 0 Å². The van der Waals surface area contributed by atoms with E-state index in [2.05, 4.69) is 20.8 Å². The zero-order chi connectivity index (χ0) is 11.0. The van der Waals surface area contributed by atoms with E-state index in [9.17, 15) is 0 Å². The van der Waals surface area contributed by atoms with Crippen molar-refractivity contribution >= 4 is 0 Å². The SMILES string of the molecule is [2H]C([2H])([2H])C1CCC(C(C)(C)C)CC1. The summed E-state index contributed by atoms with van der Waals surface area (Å²) in [6.45, 7) is 5.05. The molecule has 0 spiro atoms. The molecule has 0 aromatic carbocycles. The second-order valence-corrected chi connectivity index (χ2v) is 4.91. The van der Waals surface area contributed by atoms with Gasteiger partial charge in [-0.2, -0.15) is 0 Å². The molecule has 0 saturated heterocycles. The Morgan fingerprint density at radius 3 is 2.00 bits per heavy atom. The number of hydrogen-bond acceptors (Lipinski definition) is 0. The van der Waals surface area contributed by atoms with Crippen molar-refractivity contribution in [3.8, 4) is 0 Å². The lowest BCUT2D eigenvalue weighted by atomic mass is 9.70. The highest BCUT2D eigenvalue weighted by Gasteiger charge is 2.27. The smallest absolute Gasteiger partial charge is 0.0233 e. The average molecular weight is 157 g/mol. The van der Waals surface area contributed by atoms with Gasteiger partial charge in [-0.25, -0.2) is 0 Å². The van der Waals surface area contributed by atoms with Gasteiger partial charge in [-0.05, 0) is 30.1 Å². The van der Waals surface area contributed by atoms with E-state index in [-0.39, 0.29) is 5.92 Å². The van der Waals surface area contributed by atoms with Crippen molar-refractivity contribution in [2.24, 2.45) is 17.3 Å². The molecule has 11 heavy (non-hydrogen) atoms. The fourth-order valence-corrected chi connectivity index (χ4v) is 1.96. The number of hydrogen-bond donors (Lipinski definition) is 0. The van der Waals surface area contributed by atoms with Gasteiger partial charge in [0.15, 0.2) is 0 Å². The summed E-state index contributed by atoms with van der Waals surface area (Å²) in [6.07, 6.45) is 3.95. The van der Waals surface area contributed by atoms with E-state index < -0.39 is 6.85 Å². The molecule has 0 bridgehead atoms. The summed E-state index contributed by atoms with van der Waals surface area (Å²) < 4.78 is 22.1. The summed E-state index contributed by atoms with van der Waals surface area (Å²) in [4.78, 5) is 0. The third kappa shape index (κ3) is 2.50. The first-order valence-electron chi connectivity index (χ1n) is 6.21. The molecule has 0 atom stereocenters. The van der Waals surface area contributed by atoms with Crippen molar-refractivity contribution in [2.45, 2.75) is 53.3 Å². The molecule has 1 fully saturated rings. The van der Waals surface area contributed by atoms with Gasteiger partial charge in [0.25, 0.3) is 0 Å². The minimum atomic E-state index is -1.72. The first-order valence-corrected chi connectivity index (χ1v) is 4.71. The Kier molecular flexibility index (Phi) is 1.61. The summed E-state index contributed by atoms with van der Waals surface area (Å²) in [6, 6.07) is 0. The zero-order valence-electron chi connectivity index (χ0n) is 11.0. The molecule has 0 unspecified atom stereocenters. The Hall–Kier alpha value is 0. The lowest BCUT2D eigenvalue weighted by molar-refractivity contribution is 0.155. The van der Waals surface area contributed by atoms with Crippen LogP contribution >= 0.6 is 0 Å². The van der Waals surface area contributed by atoms with Crippen LogP contribution in [0.15, 0.2) is 0 Å². The van der Waals surface area contributed by atoms with E-state index in [1.54, 1.807) is 0 Å². The Morgan fingerprint density at radius 2 is 1.64 bits per heavy atom. The molecule has 0 aliphatic heterocycles. The molecule has 1 saturated carbocycles. The standard InChI is InChI=1S/C11H22/c1-9-5-7-10(8-6-9)11(2,3)4/h9-10H,5-8H2,1-4H3/i1D3. The van der Waals surface area contributed by atoms with Crippen LogP contribution in [0.1, 0.15) is 57.4 Å². The molecule has 0 radical (unpaired) electrons. The van der Waals surface area contributed by atoms with Crippen LogP contribution in [0.2, 0.25) is 0 Å². The van der Waals surface area contributed by atoms with Crippen molar-refractivity contribution in [3.05, 3.63) is 0 Å². The highest BCUT2D eigenvalue weighted by atomic mass is 14.3. The molecule has 1 aliphatic rings. The fourth-order valence-electron chi connectivity index (χ4n) is 1.96. The van der Waals surface area contributed by atoms with Crippen LogP contribution in [0.4, 0.5) is 0 Å². The normalized spacial score (nSPS) is 39.0. The molecule has 1 rings (SSSR count). The van der Waals surface area contributed by atoms with Crippen LogP contribution in [0.25, 0.3) is 0 Å². The second kappa shape index (κ2) is 3.16. The molecule has 0 nitrogen and oxygen atoms in total. The van der Waals surface area contributed by atoms with E-state index in [0.29, 0.717) is 11.3 Å². The first-order chi connectivity index (χ1) is 6.21. The van der Waals surface area contributed by atoms with E-state index in [0.717, 1.165) is 25.7 Å². The summed E-state index contributed by atoms with van der Waals surface area (Å²) in [5.74, 6) is 0.669. The van der Waals surface area contributed by atoms with Crippen LogP contribution in [0.5, 0.6) is 0 Å². The van der Waals surface area contributed by atoms with Crippen molar-refractivity contribution in [2.75, 3.05) is 0 Å². The summed E-state index contributed by atoms with van der Waals surface area (Å²) in [5, 5.41) is 0. The van der Waals surface area contributed by atoms with Crippen LogP contribution in [0, 0.1) is 17.3 Å². The number of rotatable bonds is 0. The van der Waals surface area contributed by atoms with Crippen LogP contribution in [-0.2, 0) is 0 Å². The Morgan fingerprint density at radius 1 is 1.09 bits per heavy atom. The third-order valence-electron chi connectivity index (χ3n) is 2.95. The van der Waals surface area contributed by atoms with Crippen molar-refractivity contribution < 1.29 is 4.11 Å². The van der Waals surface area contributed by atoms with Crippen LogP contribution in [0.3, 0.4) is 0 Å². The molecule has 66 valence electrons. The molecule has 0 aromatic heterocycles. The Balaban J connectivity index is 2.47. The maximum atomic E-state index is 7.38. The minimum Gasteiger partial charge on any atom is -0.0625 e. The summed E-state index contributed by atoms with van der Waals surface area (Å²) in [5.41, 5.74) is 0.347. The maximum absolute atomic E-state index is 7.38. The largest absolute Gasteiger partial charge is 0.0625 e. The lowest BCUT2D eigenvalue weighted by Crippen LogP contribution is -2.24. The monoisotopic (exact) mass is 157 g/mol. The van der Waals surface area contributed by atoms with Crippen LogP contribution < -0.4 is 0 Å². The molecule has 0 heterocycles. The van der Waals surface area contributed by atoms with Crippen LogP contribution in [-0.4, -0.2) is 0 Å². The molecule has 0 amide bonds. The van der Waals surface area contributed by atoms with E-state index in [1.807, 2.05) is 0 Å². The molecular formula is C11H22. The Bertz CT molecular complexity index is 158. The third-order valence-corrected chi connectivity index (χ3v) is 2.95. The molecule has 1 aliphatic carbocycles. The molecule has 0 N–H and O–H groups in total. The predicted octanol–water partition coefficient (Wildman–Crippen LogP) is 3.86. The van der Waals surface area contributed by atoms with Crippen molar-refractivity contribution in [3.63, 3.8) is 0 Å². The van der Waals surface area contributed by atoms with Gasteiger partial charge in [0.1, 0.15) is 0 Å². The van der Waals surface area contributed by atoms with Gasteiger partial charge in [0.2, 0.25) is 0 Å². The van der Waals surface area contributed by atoms with Gasteiger partial charge >= 0.3 is 0 Å². The Labute approximate surface area is 75.6 Å². The molecular weight excluding hydrogens is 132 g/mol. The minimum absolute atomic E-state index is 0.0406. The maximum Gasteiger partial charge on any atom is 0.0233 e. The lowest BCUT2D eigenvalue weighted by Gasteiger charge is -2.35. The van der Waals surface area contributed by atoms with Gasteiger partial charge in [0, 0.05) is 4.11 Å². The predicted molar refractivity (Wildman–Crippen MR) is 50.6 cm³/mol. The van der Waals surface area contributed by atoms with Gasteiger partial charge in [0.05, 0.1) is 0 Å². The quantitative estimate of drug-likeness (QED) is 0.501. The van der Waals surface area contributed by atoms with Crippen molar-refractivity contribution in [1.29, 1.82) is 0 Å². The summed E-state index contributed by atoms with van der Waals surface area (Å²) >= 11 is 0. The van der Waals surface area contributed by atoms with Gasteiger partial charge in [-0.1, -0.05) is 40.5 Å². The van der Waals surface area contributed by atoms with Gasteiger partial charge in [-0.15, -0.1) is 0 Å². The zero-order valence-corrected chi connectivity index (χ0v) is 7.98. The highest BCUT2D eigenvalue weighted by Crippen LogP contribution is 2.39. The second-order valence-electron chi connectivity index (χ2n) is 4.91. The fraction of sp³-hybridized carbons (Fsp3) is 1.00. The highest BCUT2D eigenvalue weighted by molar-refractivity contribution is 4.78. The van der Waals surface area contributed by atoms with E-state index >= 15 is 0 Å².